The van der Waals surface area contributed by atoms with Crippen LogP contribution in [0.4, 0.5) is 5.69 Å². The summed E-state index contributed by atoms with van der Waals surface area (Å²) < 4.78 is 0. The van der Waals surface area contributed by atoms with E-state index in [4.69, 9.17) is 5.11 Å². The first-order valence-corrected chi connectivity index (χ1v) is 7.58. The summed E-state index contributed by atoms with van der Waals surface area (Å²) in [6.07, 6.45) is 0.349. The van der Waals surface area contributed by atoms with Gasteiger partial charge < -0.3 is 10.4 Å². The van der Waals surface area contributed by atoms with Gasteiger partial charge in [0.1, 0.15) is 0 Å². The number of nitrogens with one attached hydrogen (secondary N) is 1. The van der Waals surface area contributed by atoms with E-state index in [1.807, 2.05) is 45.0 Å². The number of anilines is 1. The molecule has 0 fully saturated rings. The quantitative estimate of drug-likeness (QED) is 0.872. The summed E-state index contributed by atoms with van der Waals surface area (Å²) in [4.78, 5) is 23.3. The standard InChI is InChI=1S/C19H21NO3/c1-12-6-4-5-7-16(12)14(3)10-18(21)20-17-11-15(19(22)23)9-8-13(17)2/h4-9,11,14H,10H2,1-3H3,(H,20,21)(H,22,23). The number of carbonyl (C=O) groups excluding carboxylic acids is 1. The topological polar surface area (TPSA) is 66.4 Å². The minimum Gasteiger partial charge on any atom is -0.478 e. The first-order chi connectivity index (χ1) is 10.9. The van der Waals surface area contributed by atoms with Crippen molar-refractivity contribution in [3.05, 3.63) is 64.7 Å². The van der Waals surface area contributed by atoms with Gasteiger partial charge in [0.2, 0.25) is 5.91 Å². The van der Waals surface area contributed by atoms with Gasteiger partial charge in [0.15, 0.2) is 0 Å². The summed E-state index contributed by atoms with van der Waals surface area (Å²) in [5.41, 5.74) is 3.87. The normalized spacial score (nSPS) is 11.8. The largest absolute Gasteiger partial charge is 0.478 e. The van der Waals surface area contributed by atoms with Crippen LogP contribution >= 0.6 is 0 Å². The fraction of sp³-hybridized carbons (Fsp3) is 0.263. The Bertz CT molecular complexity index is 737. The average molecular weight is 311 g/mol. The molecule has 0 aromatic heterocycles. The number of benzene rings is 2. The number of amides is 1. The lowest BCUT2D eigenvalue weighted by Crippen LogP contribution is -2.16. The molecule has 4 nitrogen and oxygen atoms in total. The number of hydrogen-bond acceptors (Lipinski definition) is 2. The van der Waals surface area contributed by atoms with Crippen molar-refractivity contribution >= 4 is 17.6 Å². The summed E-state index contributed by atoms with van der Waals surface area (Å²) in [6, 6.07) is 12.7. The number of hydrogen-bond donors (Lipinski definition) is 2. The molecule has 0 saturated heterocycles. The smallest absolute Gasteiger partial charge is 0.335 e. The second-order valence-electron chi connectivity index (χ2n) is 5.84. The minimum atomic E-state index is -1.01. The highest BCUT2D eigenvalue weighted by atomic mass is 16.4. The number of carboxylic acids is 1. The molecule has 0 heterocycles. The Labute approximate surface area is 136 Å². The Hall–Kier alpha value is -2.62. The Morgan fingerprint density at radius 1 is 1.09 bits per heavy atom. The van der Waals surface area contributed by atoms with Crippen molar-refractivity contribution in [2.45, 2.75) is 33.1 Å². The second-order valence-corrected chi connectivity index (χ2v) is 5.84. The lowest BCUT2D eigenvalue weighted by atomic mass is 9.93. The molecule has 1 atom stereocenters. The average Bonchev–Trinajstić information content (AvgIpc) is 2.49. The van der Waals surface area contributed by atoms with Crippen molar-refractivity contribution in [3.8, 4) is 0 Å². The van der Waals surface area contributed by atoms with Crippen molar-refractivity contribution in [3.63, 3.8) is 0 Å². The Morgan fingerprint density at radius 2 is 1.78 bits per heavy atom. The van der Waals surface area contributed by atoms with E-state index in [0.717, 1.165) is 16.7 Å². The van der Waals surface area contributed by atoms with Crippen LogP contribution in [-0.4, -0.2) is 17.0 Å². The monoisotopic (exact) mass is 311 g/mol. The van der Waals surface area contributed by atoms with E-state index in [9.17, 15) is 9.59 Å². The highest BCUT2D eigenvalue weighted by Crippen LogP contribution is 2.24. The molecule has 0 spiro atoms. The maximum Gasteiger partial charge on any atom is 0.335 e. The van der Waals surface area contributed by atoms with Crippen molar-refractivity contribution in [1.29, 1.82) is 0 Å². The molecule has 1 amide bonds. The van der Waals surface area contributed by atoms with Crippen LogP contribution in [0, 0.1) is 13.8 Å². The first-order valence-electron chi connectivity index (χ1n) is 7.58. The number of rotatable bonds is 5. The lowest BCUT2D eigenvalue weighted by Gasteiger charge is -2.15. The second kappa shape index (κ2) is 7.09. The Morgan fingerprint density at radius 3 is 2.43 bits per heavy atom. The van der Waals surface area contributed by atoms with Crippen LogP contribution in [0.5, 0.6) is 0 Å². The summed E-state index contributed by atoms with van der Waals surface area (Å²) >= 11 is 0. The molecule has 2 aromatic rings. The van der Waals surface area contributed by atoms with E-state index >= 15 is 0 Å². The van der Waals surface area contributed by atoms with Gasteiger partial charge in [-0.1, -0.05) is 37.3 Å². The molecular formula is C19H21NO3. The summed E-state index contributed by atoms with van der Waals surface area (Å²) in [6.45, 7) is 5.89. The molecule has 0 aliphatic heterocycles. The molecule has 4 heteroatoms. The third kappa shape index (κ3) is 4.19. The predicted octanol–water partition coefficient (Wildman–Crippen LogP) is 4.13. The number of carbonyl (C=O) groups is 2. The van der Waals surface area contributed by atoms with Gasteiger partial charge in [-0.15, -0.1) is 0 Å². The zero-order valence-electron chi connectivity index (χ0n) is 13.6. The van der Waals surface area contributed by atoms with E-state index in [-0.39, 0.29) is 17.4 Å². The first kappa shape index (κ1) is 16.7. The van der Waals surface area contributed by atoms with Crippen molar-refractivity contribution in [1.82, 2.24) is 0 Å². The van der Waals surface area contributed by atoms with Crippen LogP contribution in [-0.2, 0) is 4.79 Å². The van der Waals surface area contributed by atoms with Crippen LogP contribution < -0.4 is 5.32 Å². The Balaban J connectivity index is 2.09. The third-order valence-corrected chi connectivity index (χ3v) is 3.97. The maximum atomic E-state index is 12.3. The minimum absolute atomic E-state index is 0.0964. The zero-order valence-corrected chi connectivity index (χ0v) is 13.6. The SMILES string of the molecule is Cc1ccc(C(=O)O)cc1NC(=O)CC(C)c1ccccc1C. The number of aryl methyl sites for hydroxylation is 2. The van der Waals surface area contributed by atoms with Crippen LogP contribution in [0.3, 0.4) is 0 Å². The van der Waals surface area contributed by atoms with Crippen LogP contribution in [0.15, 0.2) is 42.5 Å². The van der Waals surface area contributed by atoms with Gasteiger partial charge >= 0.3 is 5.97 Å². The van der Waals surface area contributed by atoms with Gasteiger partial charge in [0.05, 0.1) is 5.56 Å². The number of carboxylic acid groups (broad SMARTS) is 1. The highest BCUT2D eigenvalue weighted by Gasteiger charge is 2.14. The molecule has 0 radical (unpaired) electrons. The van der Waals surface area contributed by atoms with Crippen molar-refractivity contribution in [2.75, 3.05) is 5.32 Å². The molecule has 0 aliphatic rings. The summed E-state index contributed by atoms with van der Waals surface area (Å²) in [5.74, 6) is -1.03. The van der Waals surface area contributed by atoms with E-state index < -0.39 is 5.97 Å². The van der Waals surface area contributed by atoms with Crippen LogP contribution in [0.2, 0.25) is 0 Å². The van der Waals surface area contributed by atoms with Crippen molar-refractivity contribution < 1.29 is 14.7 Å². The maximum absolute atomic E-state index is 12.3. The summed E-state index contributed by atoms with van der Waals surface area (Å²) in [5, 5.41) is 11.9. The molecular weight excluding hydrogens is 290 g/mol. The van der Waals surface area contributed by atoms with E-state index in [1.165, 1.54) is 12.1 Å². The molecule has 0 aliphatic carbocycles. The van der Waals surface area contributed by atoms with E-state index in [2.05, 4.69) is 5.32 Å². The lowest BCUT2D eigenvalue weighted by molar-refractivity contribution is -0.116. The van der Waals surface area contributed by atoms with Crippen LogP contribution in [0.25, 0.3) is 0 Å². The van der Waals surface area contributed by atoms with Crippen LogP contribution in [0.1, 0.15) is 46.3 Å². The van der Waals surface area contributed by atoms with Gasteiger partial charge in [-0.3, -0.25) is 4.79 Å². The van der Waals surface area contributed by atoms with Gasteiger partial charge in [-0.05, 0) is 48.6 Å². The molecule has 2 aromatic carbocycles. The van der Waals surface area contributed by atoms with E-state index in [1.54, 1.807) is 6.07 Å². The molecule has 2 rings (SSSR count). The summed E-state index contributed by atoms with van der Waals surface area (Å²) in [7, 11) is 0. The number of aromatic carboxylic acids is 1. The Kier molecular flexibility index (Phi) is 5.16. The third-order valence-electron chi connectivity index (χ3n) is 3.97. The van der Waals surface area contributed by atoms with Gasteiger partial charge in [0.25, 0.3) is 0 Å². The fourth-order valence-electron chi connectivity index (χ4n) is 2.62. The predicted molar refractivity (Wildman–Crippen MR) is 91.0 cm³/mol. The molecule has 1 unspecified atom stereocenters. The van der Waals surface area contributed by atoms with E-state index in [0.29, 0.717) is 12.1 Å². The zero-order chi connectivity index (χ0) is 17.0. The van der Waals surface area contributed by atoms with Gasteiger partial charge in [-0.25, -0.2) is 4.79 Å². The molecule has 120 valence electrons. The van der Waals surface area contributed by atoms with Gasteiger partial charge in [-0.2, -0.15) is 0 Å². The molecule has 0 saturated carbocycles. The fourth-order valence-corrected chi connectivity index (χ4v) is 2.62. The molecule has 0 bridgehead atoms. The highest BCUT2D eigenvalue weighted by molar-refractivity contribution is 5.95. The van der Waals surface area contributed by atoms with Crippen molar-refractivity contribution in [2.24, 2.45) is 0 Å². The molecule has 2 N–H and O–H groups in total. The van der Waals surface area contributed by atoms with Gasteiger partial charge in [0, 0.05) is 12.1 Å². The molecule has 23 heavy (non-hydrogen) atoms.